The van der Waals surface area contributed by atoms with Crippen molar-refractivity contribution in [3.63, 3.8) is 0 Å². The van der Waals surface area contributed by atoms with Gasteiger partial charge in [0.15, 0.2) is 0 Å². The SMILES string of the molecule is C1=CC(N(CCCN(CCCCN(CCCN(C2C=CC=C2)C2C=CC=C2)CCCN(C2C=CC=C2)C2C=CC=C2)CCCN(C2C=CC=C2)C2C=CC=C2)C2C=CC=C2)C=C1. The van der Waals surface area contributed by atoms with Crippen LogP contribution in [-0.4, -0.2) is 143 Å². The number of allylic oxidation sites excluding steroid dienone is 16. The van der Waals surface area contributed by atoms with Crippen molar-refractivity contribution in [3.05, 3.63) is 194 Å². The van der Waals surface area contributed by atoms with Crippen LogP contribution in [0.5, 0.6) is 0 Å². The summed E-state index contributed by atoms with van der Waals surface area (Å²) in [6.45, 7) is 11.3. The summed E-state index contributed by atoms with van der Waals surface area (Å²) >= 11 is 0. The van der Waals surface area contributed by atoms with E-state index in [1.165, 1.54) is 38.5 Å². The summed E-state index contributed by atoms with van der Waals surface area (Å²) in [5.41, 5.74) is 0. The fourth-order valence-corrected chi connectivity index (χ4v) is 10.4. The second-order valence-corrected chi connectivity index (χ2v) is 17.8. The number of nitrogens with zero attached hydrogens (tertiary/aromatic N) is 6. The second-order valence-electron chi connectivity index (χ2n) is 17.8. The average molecular weight is 829 g/mol. The van der Waals surface area contributed by atoms with Crippen LogP contribution in [0.25, 0.3) is 0 Å². The summed E-state index contributed by atoms with van der Waals surface area (Å²) in [7, 11) is 0. The van der Waals surface area contributed by atoms with E-state index in [0.717, 1.165) is 65.4 Å². The van der Waals surface area contributed by atoms with Crippen molar-refractivity contribution in [1.29, 1.82) is 0 Å². The third-order valence-electron chi connectivity index (χ3n) is 13.6. The van der Waals surface area contributed by atoms with Gasteiger partial charge in [0.2, 0.25) is 0 Å². The van der Waals surface area contributed by atoms with Gasteiger partial charge in [0.1, 0.15) is 0 Å². The van der Waals surface area contributed by atoms with Crippen LogP contribution in [0.2, 0.25) is 0 Å². The molecule has 326 valence electrons. The van der Waals surface area contributed by atoms with Crippen molar-refractivity contribution in [2.75, 3.05) is 65.4 Å². The summed E-state index contributed by atoms with van der Waals surface area (Å²) in [4.78, 5) is 16.2. The lowest BCUT2D eigenvalue weighted by Crippen LogP contribution is -2.42. The van der Waals surface area contributed by atoms with Gasteiger partial charge in [-0.15, -0.1) is 0 Å². The lowest BCUT2D eigenvalue weighted by atomic mass is 10.1. The molecule has 6 heteroatoms. The Bertz CT molecular complexity index is 1450. The van der Waals surface area contributed by atoms with Crippen LogP contribution >= 0.6 is 0 Å². The predicted octanol–water partition coefficient (Wildman–Crippen LogP) is 9.10. The van der Waals surface area contributed by atoms with Crippen molar-refractivity contribution in [2.45, 2.75) is 86.9 Å². The fourth-order valence-electron chi connectivity index (χ4n) is 10.4. The molecule has 0 bridgehead atoms. The van der Waals surface area contributed by atoms with E-state index in [2.05, 4.69) is 224 Å². The Hall–Kier alpha value is -4.40. The first-order valence-corrected chi connectivity index (χ1v) is 24.1. The summed E-state index contributed by atoms with van der Waals surface area (Å²) in [6.07, 6.45) is 80.1. The van der Waals surface area contributed by atoms with E-state index in [9.17, 15) is 0 Å². The smallest absolute Gasteiger partial charge is 0.0476 e. The molecule has 8 aliphatic rings. The predicted molar refractivity (Wildman–Crippen MR) is 264 cm³/mol. The van der Waals surface area contributed by atoms with E-state index in [-0.39, 0.29) is 0 Å². The molecule has 0 amide bonds. The van der Waals surface area contributed by atoms with Crippen molar-refractivity contribution in [3.8, 4) is 0 Å². The maximum absolute atomic E-state index is 2.80. The Kier molecular flexibility index (Phi) is 17.0. The lowest BCUT2D eigenvalue weighted by molar-refractivity contribution is 0.180. The molecule has 0 aromatic rings. The van der Waals surface area contributed by atoms with Gasteiger partial charge in [-0.3, -0.25) is 19.6 Å². The molecule has 0 N–H and O–H groups in total. The Balaban J connectivity index is 0.878. The second kappa shape index (κ2) is 23.9. The number of unbranched alkanes of at least 4 members (excludes halogenated alkanes) is 1. The van der Waals surface area contributed by atoms with Crippen LogP contribution in [0.1, 0.15) is 38.5 Å². The molecule has 0 fully saturated rings. The largest absolute Gasteiger partial charge is 0.303 e. The normalized spacial score (nSPS) is 20.9. The molecule has 0 aromatic heterocycles. The number of hydrogen-bond donors (Lipinski definition) is 0. The minimum Gasteiger partial charge on any atom is -0.303 e. The molecule has 0 unspecified atom stereocenters. The standard InChI is InChI=1S/C56H72N6/c1-2-24-49(23-1)59(50-25-3-4-26-50)45-19-41-57(42-20-46-60(51-27-5-6-28-51)52-29-7-8-30-52)39-17-18-40-58(43-21-47-61(53-31-9-10-32-53)54-33-11-12-34-54)44-22-48-62(55-35-13-14-36-55)56-37-15-16-38-56/h1-16,23-38,49-56H,17-22,39-48H2. The highest BCUT2D eigenvalue weighted by Crippen LogP contribution is 2.23. The number of rotatable bonds is 29. The van der Waals surface area contributed by atoms with Crippen LogP contribution < -0.4 is 0 Å². The Morgan fingerprint density at radius 3 is 0.484 bits per heavy atom. The molecule has 0 spiro atoms. The molecule has 0 aliphatic heterocycles. The maximum Gasteiger partial charge on any atom is 0.0476 e. The molecule has 0 aromatic carbocycles. The Labute approximate surface area is 374 Å². The first-order valence-electron chi connectivity index (χ1n) is 24.1. The highest BCUT2D eigenvalue weighted by molar-refractivity contribution is 5.31. The summed E-state index contributed by atoms with van der Waals surface area (Å²) in [6, 6.07) is 3.07. The van der Waals surface area contributed by atoms with Crippen LogP contribution in [0, 0.1) is 0 Å². The molecule has 0 atom stereocenters. The molecule has 6 nitrogen and oxygen atoms in total. The monoisotopic (exact) mass is 829 g/mol. The van der Waals surface area contributed by atoms with Crippen molar-refractivity contribution < 1.29 is 0 Å². The van der Waals surface area contributed by atoms with E-state index >= 15 is 0 Å². The lowest BCUT2D eigenvalue weighted by Gasteiger charge is -2.34. The quantitative estimate of drug-likeness (QED) is 0.0697. The highest BCUT2D eigenvalue weighted by atomic mass is 15.2. The molecular weight excluding hydrogens is 757 g/mol. The van der Waals surface area contributed by atoms with Crippen molar-refractivity contribution >= 4 is 0 Å². The zero-order chi connectivity index (χ0) is 42.0. The summed E-state index contributed by atoms with van der Waals surface area (Å²) in [5.74, 6) is 0. The fraction of sp³-hybridized carbons (Fsp3) is 0.429. The topological polar surface area (TPSA) is 19.4 Å². The van der Waals surface area contributed by atoms with Gasteiger partial charge in [0, 0.05) is 74.5 Å². The third-order valence-corrected chi connectivity index (χ3v) is 13.6. The first kappa shape index (κ1) is 44.2. The Morgan fingerprint density at radius 1 is 0.177 bits per heavy atom. The van der Waals surface area contributed by atoms with Crippen molar-refractivity contribution in [2.24, 2.45) is 0 Å². The maximum atomic E-state index is 2.80. The molecule has 62 heavy (non-hydrogen) atoms. The average Bonchev–Trinajstić information content (AvgIpc) is 4.16. The first-order chi connectivity index (χ1) is 30.8. The van der Waals surface area contributed by atoms with E-state index in [4.69, 9.17) is 0 Å². The summed E-state index contributed by atoms with van der Waals surface area (Å²) < 4.78 is 0. The highest BCUT2D eigenvalue weighted by Gasteiger charge is 2.26. The van der Waals surface area contributed by atoms with Gasteiger partial charge in [-0.2, -0.15) is 0 Å². The van der Waals surface area contributed by atoms with Gasteiger partial charge < -0.3 is 9.80 Å². The zero-order valence-electron chi connectivity index (χ0n) is 37.1. The molecule has 0 saturated heterocycles. The zero-order valence-corrected chi connectivity index (χ0v) is 37.1. The minimum atomic E-state index is 0.383. The van der Waals surface area contributed by atoms with Crippen molar-refractivity contribution in [1.82, 2.24) is 29.4 Å². The molecule has 0 radical (unpaired) electrons. The van der Waals surface area contributed by atoms with Gasteiger partial charge in [-0.1, -0.05) is 194 Å². The molecule has 8 aliphatic carbocycles. The van der Waals surface area contributed by atoms with Crippen LogP contribution in [0.3, 0.4) is 0 Å². The van der Waals surface area contributed by atoms with E-state index in [0.29, 0.717) is 48.3 Å². The van der Waals surface area contributed by atoms with Gasteiger partial charge in [-0.25, -0.2) is 0 Å². The minimum absolute atomic E-state index is 0.383. The molecule has 0 saturated carbocycles. The van der Waals surface area contributed by atoms with Gasteiger partial charge in [-0.05, 0) is 77.8 Å². The van der Waals surface area contributed by atoms with Crippen LogP contribution in [0.15, 0.2) is 194 Å². The van der Waals surface area contributed by atoms with Gasteiger partial charge >= 0.3 is 0 Å². The Morgan fingerprint density at radius 2 is 0.323 bits per heavy atom. The summed E-state index contributed by atoms with van der Waals surface area (Å²) in [5, 5.41) is 0. The molecular formula is C56H72N6. The van der Waals surface area contributed by atoms with E-state index < -0.39 is 0 Å². The van der Waals surface area contributed by atoms with Crippen LogP contribution in [0.4, 0.5) is 0 Å². The van der Waals surface area contributed by atoms with Gasteiger partial charge in [0.25, 0.3) is 0 Å². The molecule has 0 heterocycles. The van der Waals surface area contributed by atoms with E-state index in [1.54, 1.807) is 0 Å². The van der Waals surface area contributed by atoms with Crippen LogP contribution in [-0.2, 0) is 0 Å². The number of hydrogen-bond acceptors (Lipinski definition) is 6. The van der Waals surface area contributed by atoms with Gasteiger partial charge in [0.05, 0.1) is 0 Å². The molecule has 8 rings (SSSR count). The third kappa shape index (κ3) is 12.6. The van der Waals surface area contributed by atoms with E-state index in [1.807, 2.05) is 0 Å².